The zero-order valence-corrected chi connectivity index (χ0v) is 21.4. The minimum atomic E-state index is -0.317. The largest absolute Gasteiger partial charge is 0.462 e. The number of nitrogens with zero attached hydrogens (tertiary/aromatic N) is 1. The van der Waals surface area contributed by atoms with Crippen LogP contribution >= 0.6 is 0 Å². The molecule has 0 aliphatic heterocycles. The number of unbranched alkanes of at least 4 members (excludes halogenated alkanes) is 13. The van der Waals surface area contributed by atoms with E-state index in [1.165, 1.54) is 83.5 Å². The van der Waals surface area contributed by atoms with Crippen LogP contribution in [-0.2, 0) is 9.53 Å². The van der Waals surface area contributed by atoms with E-state index in [-0.39, 0.29) is 12.1 Å². The summed E-state index contributed by atoms with van der Waals surface area (Å²) in [6, 6.07) is 0. The number of hydrogen-bond donors (Lipinski definition) is 1. The van der Waals surface area contributed by atoms with Gasteiger partial charge in [-0.2, -0.15) is 0 Å². The van der Waals surface area contributed by atoms with E-state index in [0.29, 0.717) is 12.2 Å². The molecule has 31 heavy (non-hydrogen) atoms. The standard InChI is InChI=1S/C27H54NO3/c1-6-7-8-9-10-11-12-13-14-15-16-17-18-19-21-26(29)24-28(4,5)22-20-23-31-27(30)25(2)3/h26,29H,2,6-24H2,1,3-5H3/q+1. The summed E-state index contributed by atoms with van der Waals surface area (Å²) in [4.78, 5) is 11.4. The molecule has 0 fully saturated rings. The molecule has 0 aliphatic carbocycles. The molecule has 1 atom stereocenters. The van der Waals surface area contributed by atoms with Crippen molar-refractivity contribution in [2.45, 2.75) is 123 Å². The molecule has 0 saturated heterocycles. The van der Waals surface area contributed by atoms with Crippen molar-refractivity contribution >= 4 is 5.97 Å². The first-order valence-electron chi connectivity index (χ1n) is 13.1. The first kappa shape index (κ1) is 30.1. The number of quaternary nitrogens is 1. The lowest BCUT2D eigenvalue weighted by atomic mass is 10.0. The van der Waals surface area contributed by atoms with Gasteiger partial charge in [-0.15, -0.1) is 0 Å². The highest BCUT2D eigenvalue weighted by molar-refractivity contribution is 5.86. The maximum Gasteiger partial charge on any atom is 0.333 e. The number of carbonyl (C=O) groups excluding carboxylic acids is 1. The third kappa shape index (κ3) is 20.8. The van der Waals surface area contributed by atoms with E-state index in [0.717, 1.165) is 36.8 Å². The fourth-order valence-corrected chi connectivity index (χ4v) is 4.11. The summed E-state index contributed by atoms with van der Waals surface area (Å²) in [6.45, 7) is 9.59. The maximum atomic E-state index is 11.4. The average Bonchev–Trinajstić information content (AvgIpc) is 2.70. The summed E-state index contributed by atoms with van der Waals surface area (Å²) in [5.74, 6) is -0.317. The van der Waals surface area contributed by atoms with E-state index in [1.807, 2.05) is 0 Å². The Bertz CT molecular complexity index is 448. The van der Waals surface area contributed by atoms with Gasteiger partial charge < -0.3 is 14.3 Å². The average molecular weight is 441 g/mol. The Balaban J connectivity index is 3.51. The molecule has 1 N–H and O–H groups in total. The van der Waals surface area contributed by atoms with Crippen LogP contribution in [-0.4, -0.2) is 55.5 Å². The van der Waals surface area contributed by atoms with E-state index in [2.05, 4.69) is 27.6 Å². The Morgan fingerprint density at radius 3 is 1.74 bits per heavy atom. The smallest absolute Gasteiger partial charge is 0.333 e. The number of ether oxygens (including phenoxy) is 1. The first-order chi connectivity index (χ1) is 14.8. The lowest BCUT2D eigenvalue weighted by Crippen LogP contribution is -2.46. The molecule has 0 bridgehead atoms. The fraction of sp³-hybridized carbons (Fsp3) is 0.889. The normalized spacial score (nSPS) is 12.7. The quantitative estimate of drug-likeness (QED) is 0.0871. The summed E-state index contributed by atoms with van der Waals surface area (Å²) in [5.41, 5.74) is 0.442. The molecule has 0 amide bonds. The van der Waals surface area contributed by atoms with E-state index in [1.54, 1.807) is 6.92 Å². The van der Waals surface area contributed by atoms with Gasteiger partial charge in [-0.1, -0.05) is 103 Å². The van der Waals surface area contributed by atoms with Crippen molar-refractivity contribution in [1.29, 1.82) is 0 Å². The van der Waals surface area contributed by atoms with Gasteiger partial charge in [0.1, 0.15) is 12.6 Å². The Morgan fingerprint density at radius 2 is 1.29 bits per heavy atom. The maximum absolute atomic E-state index is 11.4. The number of likely N-dealkylation sites (N-methyl/N-ethyl adjacent to an activating group) is 1. The molecular weight excluding hydrogens is 386 g/mol. The van der Waals surface area contributed by atoms with Gasteiger partial charge in [0.15, 0.2) is 0 Å². The molecule has 0 aliphatic rings. The van der Waals surface area contributed by atoms with Gasteiger partial charge in [-0.3, -0.25) is 0 Å². The monoisotopic (exact) mass is 440 g/mol. The Kier molecular flexibility index (Phi) is 19.2. The number of esters is 1. The molecule has 4 nitrogen and oxygen atoms in total. The number of hydrogen-bond acceptors (Lipinski definition) is 3. The summed E-state index contributed by atoms with van der Waals surface area (Å²) >= 11 is 0. The van der Waals surface area contributed by atoms with Crippen LogP contribution in [0.2, 0.25) is 0 Å². The molecule has 1 unspecified atom stereocenters. The third-order valence-corrected chi connectivity index (χ3v) is 6.09. The molecule has 0 aromatic rings. The molecule has 0 aromatic carbocycles. The Morgan fingerprint density at radius 1 is 0.839 bits per heavy atom. The molecule has 0 heterocycles. The summed E-state index contributed by atoms with van der Waals surface area (Å²) in [7, 11) is 4.27. The summed E-state index contributed by atoms with van der Waals surface area (Å²) < 4.78 is 5.90. The molecule has 0 spiro atoms. The lowest BCUT2D eigenvalue weighted by Gasteiger charge is -2.32. The Labute approximate surface area is 194 Å². The zero-order chi connectivity index (χ0) is 23.4. The first-order valence-corrected chi connectivity index (χ1v) is 13.1. The van der Waals surface area contributed by atoms with Crippen LogP contribution in [0.15, 0.2) is 12.2 Å². The van der Waals surface area contributed by atoms with Gasteiger partial charge in [0.05, 0.1) is 27.2 Å². The predicted octanol–water partition coefficient (Wildman–Crippen LogP) is 6.80. The zero-order valence-electron chi connectivity index (χ0n) is 21.4. The van der Waals surface area contributed by atoms with Crippen molar-refractivity contribution < 1.29 is 19.1 Å². The highest BCUT2D eigenvalue weighted by Gasteiger charge is 2.20. The van der Waals surface area contributed by atoms with Crippen LogP contribution in [0.25, 0.3) is 0 Å². The van der Waals surface area contributed by atoms with Crippen molar-refractivity contribution in [3.63, 3.8) is 0 Å². The molecule has 0 aromatic heterocycles. The SMILES string of the molecule is C=C(C)C(=O)OCCC[N+](C)(C)CC(O)CCCCCCCCCCCCCCCC. The summed E-state index contributed by atoms with van der Waals surface area (Å²) in [5, 5.41) is 10.4. The van der Waals surface area contributed by atoms with Crippen LogP contribution < -0.4 is 0 Å². The number of aliphatic hydroxyl groups excluding tert-OH is 1. The van der Waals surface area contributed by atoms with Crippen molar-refractivity contribution in [3.8, 4) is 0 Å². The van der Waals surface area contributed by atoms with Crippen molar-refractivity contribution in [2.75, 3.05) is 33.8 Å². The highest BCUT2D eigenvalue weighted by Crippen LogP contribution is 2.14. The van der Waals surface area contributed by atoms with E-state index >= 15 is 0 Å². The fourth-order valence-electron chi connectivity index (χ4n) is 4.11. The van der Waals surface area contributed by atoms with Crippen LogP contribution in [0.4, 0.5) is 0 Å². The number of rotatable bonds is 22. The third-order valence-electron chi connectivity index (χ3n) is 6.09. The second-order valence-corrected chi connectivity index (χ2v) is 10.2. The molecule has 184 valence electrons. The molecule has 0 radical (unpaired) electrons. The van der Waals surface area contributed by atoms with Crippen LogP contribution in [0.3, 0.4) is 0 Å². The van der Waals surface area contributed by atoms with Crippen LogP contribution in [0, 0.1) is 0 Å². The van der Waals surface area contributed by atoms with Crippen LogP contribution in [0.5, 0.6) is 0 Å². The van der Waals surface area contributed by atoms with Gasteiger partial charge in [-0.25, -0.2) is 4.79 Å². The van der Waals surface area contributed by atoms with Gasteiger partial charge in [0.2, 0.25) is 0 Å². The van der Waals surface area contributed by atoms with Crippen LogP contribution in [0.1, 0.15) is 117 Å². The predicted molar refractivity (Wildman–Crippen MR) is 133 cm³/mol. The molecule has 4 heteroatoms. The highest BCUT2D eigenvalue weighted by atomic mass is 16.5. The van der Waals surface area contributed by atoms with Gasteiger partial charge in [0, 0.05) is 12.0 Å². The number of aliphatic hydroxyl groups is 1. The summed E-state index contributed by atoms with van der Waals surface area (Å²) in [6.07, 6.45) is 20.5. The van der Waals surface area contributed by atoms with E-state index in [4.69, 9.17) is 4.74 Å². The second kappa shape index (κ2) is 19.8. The number of carbonyl (C=O) groups is 1. The van der Waals surface area contributed by atoms with E-state index < -0.39 is 0 Å². The van der Waals surface area contributed by atoms with Gasteiger partial charge in [0.25, 0.3) is 0 Å². The van der Waals surface area contributed by atoms with Crippen molar-refractivity contribution in [1.82, 2.24) is 0 Å². The Hall–Kier alpha value is -0.870. The topological polar surface area (TPSA) is 46.5 Å². The lowest BCUT2D eigenvalue weighted by molar-refractivity contribution is -0.893. The molecular formula is C27H54NO3+. The van der Waals surface area contributed by atoms with E-state index in [9.17, 15) is 9.90 Å². The minimum absolute atomic E-state index is 0.245. The van der Waals surface area contributed by atoms with Gasteiger partial charge >= 0.3 is 5.97 Å². The second-order valence-electron chi connectivity index (χ2n) is 10.2. The van der Waals surface area contributed by atoms with Crippen molar-refractivity contribution in [3.05, 3.63) is 12.2 Å². The van der Waals surface area contributed by atoms with Gasteiger partial charge in [-0.05, 0) is 13.3 Å². The molecule has 0 saturated carbocycles. The van der Waals surface area contributed by atoms with Crippen molar-refractivity contribution in [2.24, 2.45) is 0 Å². The minimum Gasteiger partial charge on any atom is -0.462 e. The molecule has 0 rings (SSSR count).